The highest BCUT2D eigenvalue weighted by Crippen LogP contribution is 2.12. The monoisotopic (exact) mass is 244 g/mol. The molecule has 2 unspecified atom stereocenters. The normalized spacial score (nSPS) is 14.8. The molecule has 0 radical (unpaired) electrons. The number of aliphatic hydroxyl groups is 2. The fourth-order valence-electron chi connectivity index (χ4n) is 2.18. The van der Waals surface area contributed by atoms with Crippen molar-refractivity contribution >= 4 is 0 Å². The van der Waals surface area contributed by atoms with Crippen molar-refractivity contribution in [3.63, 3.8) is 0 Å². The Bertz CT molecular complexity index is 146. The lowest BCUT2D eigenvalue weighted by Crippen LogP contribution is -2.04. The van der Waals surface area contributed by atoms with Crippen molar-refractivity contribution in [2.75, 3.05) is 0 Å². The molecule has 0 aromatic rings. The van der Waals surface area contributed by atoms with Gasteiger partial charge in [-0.15, -0.1) is 0 Å². The van der Waals surface area contributed by atoms with E-state index >= 15 is 0 Å². The SMILES string of the molecule is CCCC(O)CCCCCCCCCC(C)O. The van der Waals surface area contributed by atoms with Gasteiger partial charge in [-0.25, -0.2) is 0 Å². The van der Waals surface area contributed by atoms with Gasteiger partial charge in [0, 0.05) is 0 Å². The van der Waals surface area contributed by atoms with Crippen LogP contribution in [0.5, 0.6) is 0 Å². The van der Waals surface area contributed by atoms with Crippen molar-refractivity contribution in [2.24, 2.45) is 0 Å². The lowest BCUT2D eigenvalue weighted by Gasteiger charge is -2.08. The quantitative estimate of drug-likeness (QED) is 0.509. The molecule has 0 spiro atoms. The number of unbranched alkanes of at least 4 members (excludes halogenated alkanes) is 6. The fourth-order valence-corrected chi connectivity index (χ4v) is 2.18. The minimum atomic E-state index is -0.130. The van der Waals surface area contributed by atoms with E-state index in [9.17, 15) is 5.11 Å². The van der Waals surface area contributed by atoms with Gasteiger partial charge in [0.1, 0.15) is 0 Å². The molecule has 0 fully saturated rings. The molecule has 104 valence electrons. The third-order valence-electron chi connectivity index (χ3n) is 3.28. The van der Waals surface area contributed by atoms with E-state index in [0.29, 0.717) is 0 Å². The van der Waals surface area contributed by atoms with E-state index in [1.54, 1.807) is 0 Å². The van der Waals surface area contributed by atoms with Crippen LogP contribution in [0.2, 0.25) is 0 Å². The van der Waals surface area contributed by atoms with E-state index < -0.39 is 0 Å². The summed E-state index contributed by atoms with van der Waals surface area (Å²) in [6.45, 7) is 3.98. The molecule has 0 bridgehead atoms. The molecule has 0 amide bonds. The molecule has 2 nitrogen and oxygen atoms in total. The Morgan fingerprint density at radius 2 is 1.18 bits per heavy atom. The summed E-state index contributed by atoms with van der Waals surface area (Å²) in [6.07, 6.45) is 12.5. The summed E-state index contributed by atoms with van der Waals surface area (Å²) in [5, 5.41) is 18.6. The molecule has 0 aliphatic carbocycles. The molecule has 0 aromatic carbocycles. The average Bonchev–Trinajstić information content (AvgIpc) is 2.27. The lowest BCUT2D eigenvalue weighted by molar-refractivity contribution is 0.150. The second-order valence-corrected chi connectivity index (χ2v) is 5.34. The van der Waals surface area contributed by atoms with Crippen LogP contribution in [0, 0.1) is 0 Å². The first-order valence-corrected chi connectivity index (χ1v) is 7.53. The van der Waals surface area contributed by atoms with E-state index in [4.69, 9.17) is 5.11 Å². The first-order valence-electron chi connectivity index (χ1n) is 7.53. The van der Waals surface area contributed by atoms with Crippen molar-refractivity contribution in [2.45, 2.75) is 96.7 Å². The highest BCUT2D eigenvalue weighted by molar-refractivity contribution is 4.55. The van der Waals surface area contributed by atoms with Gasteiger partial charge < -0.3 is 10.2 Å². The second kappa shape index (κ2) is 12.4. The summed E-state index contributed by atoms with van der Waals surface area (Å²) >= 11 is 0. The molecular weight excluding hydrogens is 212 g/mol. The van der Waals surface area contributed by atoms with E-state index in [1.807, 2.05) is 6.92 Å². The molecule has 0 aliphatic rings. The largest absolute Gasteiger partial charge is 0.393 e. The van der Waals surface area contributed by atoms with Gasteiger partial charge in [0.05, 0.1) is 12.2 Å². The Balaban J connectivity index is 3.03. The van der Waals surface area contributed by atoms with Gasteiger partial charge in [0.15, 0.2) is 0 Å². The van der Waals surface area contributed by atoms with Crippen molar-refractivity contribution < 1.29 is 10.2 Å². The minimum absolute atomic E-state index is 0.0639. The van der Waals surface area contributed by atoms with Crippen LogP contribution >= 0.6 is 0 Å². The van der Waals surface area contributed by atoms with Crippen molar-refractivity contribution in [3.8, 4) is 0 Å². The van der Waals surface area contributed by atoms with Crippen LogP contribution in [0.15, 0.2) is 0 Å². The number of hydrogen-bond acceptors (Lipinski definition) is 2. The van der Waals surface area contributed by atoms with Gasteiger partial charge in [0.25, 0.3) is 0 Å². The predicted octanol–water partition coefficient (Wildman–Crippen LogP) is 4.04. The maximum absolute atomic E-state index is 9.55. The first kappa shape index (κ1) is 16.9. The molecule has 0 aromatic heterocycles. The zero-order valence-corrected chi connectivity index (χ0v) is 11.8. The molecule has 0 rings (SSSR count). The van der Waals surface area contributed by atoms with Crippen molar-refractivity contribution in [1.82, 2.24) is 0 Å². The summed E-state index contributed by atoms with van der Waals surface area (Å²) in [6, 6.07) is 0. The van der Waals surface area contributed by atoms with Crippen LogP contribution < -0.4 is 0 Å². The first-order chi connectivity index (χ1) is 8.16. The Labute approximate surface area is 107 Å². The van der Waals surface area contributed by atoms with Gasteiger partial charge >= 0.3 is 0 Å². The molecule has 2 atom stereocenters. The van der Waals surface area contributed by atoms with Crippen LogP contribution in [0.1, 0.15) is 84.5 Å². The molecule has 0 saturated heterocycles. The Kier molecular flexibility index (Phi) is 12.3. The predicted molar refractivity (Wildman–Crippen MR) is 74.1 cm³/mol. The number of hydrogen-bond donors (Lipinski definition) is 2. The van der Waals surface area contributed by atoms with Gasteiger partial charge in [-0.05, 0) is 26.2 Å². The highest BCUT2D eigenvalue weighted by Gasteiger charge is 2.01. The van der Waals surface area contributed by atoms with Gasteiger partial charge in [0.2, 0.25) is 0 Å². The maximum Gasteiger partial charge on any atom is 0.0540 e. The van der Waals surface area contributed by atoms with Gasteiger partial charge in [-0.1, -0.05) is 58.3 Å². The summed E-state index contributed by atoms with van der Waals surface area (Å²) in [4.78, 5) is 0. The zero-order chi connectivity index (χ0) is 12.9. The van der Waals surface area contributed by atoms with E-state index in [1.165, 1.54) is 38.5 Å². The van der Waals surface area contributed by atoms with Crippen molar-refractivity contribution in [3.05, 3.63) is 0 Å². The number of rotatable bonds is 12. The molecule has 0 saturated carbocycles. The van der Waals surface area contributed by atoms with E-state index in [0.717, 1.165) is 32.1 Å². The van der Waals surface area contributed by atoms with Gasteiger partial charge in [-0.3, -0.25) is 0 Å². The zero-order valence-electron chi connectivity index (χ0n) is 11.8. The number of aliphatic hydroxyl groups excluding tert-OH is 2. The summed E-state index contributed by atoms with van der Waals surface area (Å²) in [7, 11) is 0. The van der Waals surface area contributed by atoms with E-state index in [-0.39, 0.29) is 12.2 Å². The Hall–Kier alpha value is -0.0800. The highest BCUT2D eigenvalue weighted by atomic mass is 16.3. The fraction of sp³-hybridized carbons (Fsp3) is 1.00. The van der Waals surface area contributed by atoms with Crippen LogP contribution in [0.4, 0.5) is 0 Å². The van der Waals surface area contributed by atoms with Crippen LogP contribution in [-0.4, -0.2) is 22.4 Å². The average molecular weight is 244 g/mol. The molecule has 0 aliphatic heterocycles. The smallest absolute Gasteiger partial charge is 0.0540 e. The molecule has 0 heterocycles. The maximum atomic E-state index is 9.55. The van der Waals surface area contributed by atoms with Crippen LogP contribution in [-0.2, 0) is 0 Å². The molecular formula is C15H32O2. The Morgan fingerprint density at radius 1 is 0.706 bits per heavy atom. The topological polar surface area (TPSA) is 40.5 Å². The third kappa shape index (κ3) is 13.9. The molecule has 17 heavy (non-hydrogen) atoms. The van der Waals surface area contributed by atoms with Crippen LogP contribution in [0.3, 0.4) is 0 Å². The summed E-state index contributed by atoms with van der Waals surface area (Å²) in [5.74, 6) is 0. The van der Waals surface area contributed by atoms with Crippen LogP contribution in [0.25, 0.3) is 0 Å². The van der Waals surface area contributed by atoms with Crippen molar-refractivity contribution in [1.29, 1.82) is 0 Å². The Morgan fingerprint density at radius 3 is 1.65 bits per heavy atom. The molecule has 2 N–H and O–H groups in total. The standard InChI is InChI=1S/C15H32O2/c1-3-11-15(17)13-10-8-6-4-5-7-9-12-14(2)16/h14-17H,3-13H2,1-2H3. The minimum Gasteiger partial charge on any atom is -0.393 e. The van der Waals surface area contributed by atoms with Gasteiger partial charge in [-0.2, -0.15) is 0 Å². The summed E-state index contributed by atoms with van der Waals surface area (Å²) < 4.78 is 0. The second-order valence-electron chi connectivity index (χ2n) is 5.34. The third-order valence-corrected chi connectivity index (χ3v) is 3.28. The molecule has 2 heteroatoms. The summed E-state index contributed by atoms with van der Waals surface area (Å²) in [5.41, 5.74) is 0. The van der Waals surface area contributed by atoms with E-state index in [2.05, 4.69) is 6.92 Å². The lowest BCUT2D eigenvalue weighted by atomic mass is 10.0.